The van der Waals surface area contributed by atoms with E-state index in [1.54, 1.807) is 11.3 Å². The second kappa shape index (κ2) is 3.35. The van der Waals surface area contributed by atoms with Gasteiger partial charge >= 0.3 is 0 Å². The standard InChI is InChI=1S/C9H12BrNOS/c10-8-6(1-4-13-8)7(12)9(5-11)2-3-9/h1,4,7,12H,2-3,5,11H2. The first kappa shape index (κ1) is 9.65. The molecule has 13 heavy (non-hydrogen) atoms. The first-order valence-electron chi connectivity index (χ1n) is 4.31. The summed E-state index contributed by atoms with van der Waals surface area (Å²) in [4.78, 5) is 0. The number of aliphatic hydroxyl groups excluding tert-OH is 1. The summed E-state index contributed by atoms with van der Waals surface area (Å²) in [6.07, 6.45) is 1.71. The molecule has 1 atom stereocenters. The van der Waals surface area contributed by atoms with Gasteiger partial charge in [0.1, 0.15) is 0 Å². The van der Waals surface area contributed by atoms with Gasteiger partial charge in [-0.05, 0) is 40.2 Å². The van der Waals surface area contributed by atoms with Gasteiger partial charge in [-0.3, -0.25) is 0 Å². The SMILES string of the molecule is NCC1(C(O)c2ccsc2Br)CC1. The van der Waals surface area contributed by atoms with Crippen molar-refractivity contribution < 1.29 is 5.11 Å². The molecular formula is C9H12BrNOS. The maximum absolute atomic E-state index is 10.1. The number of aliphatic hydroxyl groups is 1. The van der Waals surface area contributed by atoms with Gasteiger partial charge in [0.15, 0.2) is 0 Å². The third-order valence-corrected chi connectivity index (χ3v) is 4.55. The van der Waals surface area contributed by atoms with Crippen molar-refractivity contribution in [1.29, 1.82) is 0 Å². The minimum Gasteiger partial charge on any atom is -0.388 e. The average Bonchev–Trinajstić information content (AvgIpc) is 2.83. The Morgan fingerprint density at radius 3 is 2.77 bits per heavy atom. The highest BCUT2D eigenvalue weighted by atomic mass is 79.9. The highest BCUT2D eigenvalue weighted by molar-refractivity contribution is 9.11. The Bertz CT molecular complexity index is 308. The largest absolute Gasteiger partial charge is 0.388 e. The van der Waals surface area contributed by atoms with Gasteiger partial charge in [-0.2, -0.15) is 0 Å². The molecule has 0 bridgehead atoms. The first-order valence-corrected chi connectivity index (χ1v) is 5.98. The van der Waals surface area contributed by atoms with Crippen molar-refractivity contribution >= 4 is 27.3 Å². The van der Waals surface area contributed by atoms with Crippen molar-refractivity contribution in [2.24, 2.45) is 11.1 Å². The molecule has 0 amide bonds. The topological polar surface area (TPSA) is 46.2 Å². The molecule has 0 spiro atoms. The van der Waals surface area contributed by atoms with Crippen molar-refractivity contribution in [2.75, 3.05) is 6.54 Å². The van der Waals surface area contributed by atoms with Gasteiger partial charge in [0, 0.05) is 17.5 Å². The number of rotatable bonds is 3. The molecule has 1 aromatic heterocycles. The van der Waals surface area contributed by atoms with Crippen LogP contribution in [0.25, 0.3) is 0 Å². The van der Waals surface area contributed by atoms with E-state index in [2.05, 4.69) is 15.9 Å². The Hall–Kier alpha value is 0.100. The molecule has 0 aliphatic heterocycles. The summed E-state index contributed by atoms with van der Waals surface area (Å²) in [7, 11) is 0. The molecule has 1 saturated carbocycles. The van der Waals surface area contributed by atoms with E-state index in [0.29, 0.717) is 6.54 Å². The molecule has 0 saturated heterocycles. The van der Waals surface area contributed by atoms with E-state index in [4.69, 9.17) is 5.73 Å². The van der Waals surface area contributed by atoms with Crippen molar-refractivity contribution in [3.8, 4) is 0 Å². The van der Waals surface area contributed by atoms with E-state index in [-0.39, 0.29) is 5.41 Å². The smallest absolute Gasteiger partial charge is 0.0877 e. The van der Waals surface area contributed by atoms with Crippen LogP contribution in [0.15, 0.2) is 15.2 Å². The maximum Gasteiger partial charge on any atom is 0.0877 e. The molecule has 72 valence electrons. The van der Waals surface area contributed by atoms with E-state index in [9.17, 15) is 5.11 Å². The monoisotopic (exact) mass is 261 g/mol. The molecular weight excluding hydrogens is 250 g/mol. The zero-order valence-electron chi connectivity index (χ0n) is 7.16. The van der Waals surface area contributed by atoms with Crippen LogP contribution in [-0.4, -0.2) is 11.7 Å². The van der Waals surface area contributed by atoms with Gasteiger partial charge in [0.2, 0.25) is 0 Å². The van der Waals surface area contributed by atoms with Crippen LogP contribution in [0, 0.1) is 5.41 Å². The fourth-order valence-electron chi connectivity index (χ4n) is 1.58. The first-order chi connectivity index (χ1) is 6.19. The summed E-state index contributed by atoms with van der Waals surface area (Å²) in [5.41, 5.74) is 6.62. The summed E-state index contributed by atoms with van der Waals surface area (Å²) >= 11 is 5.04. The second-order valence-corrected chi connectivity index (χ2v) is 5.85. The lowest BCUT2D eigenvalue weighted by molar-refractivity contribution is 0.0973. The fraction of sp³-hybridized carbons (Fsp3) is 0.556. The number of hydrogen-bond donors (Lipinski definition) is 2. The summed E-state index contributed by atoms with van der Waals surface area (Å²) in [6.45, 7) is 0.580. The molecule has 1 aliphatic rings. The van der Waals surface area contributed by atoms with Crippen LogP contribution >= 0.6 is 27.3 Å². The van der Waals surface area contributed by atoms with Gasteiger partial charge in [-0.15, -0.1) is 11.3 Å². The molecule has 2 rings (SSSR count). The molecule has 0 aromatic carbocycles. The third-order valence-electron chi connectivity index (χ3n) is 2.82. The Kier molecular flexibility index (Phi) is 2.49. The summed E-state index contributed by atoms with van der Waals surface area (Å²) in [6, 6.07) is 1.97. The highest BCUT2D eigenvalue weighted by Crippen LogP contribution is 2.55. The van der Waals surface area contributed by atoms with Gasteiger partial charge in [0.05, 0.1) is 9.89 Å². The zero-order valence-corrected chi connectivity index (χ0v) is 9.57. The van der Waals surface area contributed by atoms with Crippen LogP contribution in [0.3, 0.4) is 0 Å². The minimum absolute atomic E-state index is 0.0242. The van der Waals surface area contributed by atoms with Gasteiger partial charge in [-0.25, -0.2) is 0 Å². The predicted octanol–water partition coefficient (Wildman–Crippen LogP) is 2.28. The van der Waals surface area contributed by atoms with Crippen LogP contribution < -0.4 is 5.73 Å². The minimum atomic E-state index is -0.391. The lowest BCUT2D eigenvalue weighted by Gasteiger charge is -2.19. The van der Waals surface area contributed by atoms with E-state index in [1.807, 2.05) is 11.4 Å². The van der Waals surface area contributed by atoms with Crippen molar-refractivity contribution in [1.82, 2.24) is 0 Å². The summed E-state index contributed by atoms with van der Waals surface area (Å²) < 4.78 is 1.03. The lowest BCUT2D eigenvalue weighted by atomic mass is 9.95. The van der Waals surface area contributed by atoms with E-state index >= 15 is 0 Å². The molecule has 1 heterocycles. The predicted molar refractivity (Wildman–Crippen MR) is 57.7 cm³/mol. The molecule has 4 heteroatoms. The quantitative estimate of drug-likeness (QED) is 0.877. The molecule has 3 N–H and O–H groups in total. The van der Waals surface area contributed by atoms with Crippen molar-refractivity contribution in [3.05, 3.63) is 20.8 Å². The van der Waals surface area contributed by atoms with Crippen LogP contribution in [0.4, 0.5) is 0 Å². The molecule has 1 aliphatic carbocycles. The van der Waals surface area contributed by atoms with Crippen LogP contribution in [-0.2, 0) is 0 Å². The van der Waals surface area contributed by atoms with Gasteiger partial charge in [-0.1, -0.05) is 0 Å². The Balaban J connectivity index is 2.22. The maximum atomic E-state index is 10.1. The van der Waals surface area contributed by atoms with Crippen molar-refractivity contribution in [3.63, 3.8) is 0 Å². The van der Waals surface area contributed by atoms with Crippen LogP contribution in [0.2, 0.25) is 0 Å². The molecule has 1 aromatic rings. The normalized spacial score (nSPS) is 21.5. The number of hydrogen-bond acceptors (Lipinski definition) is 3. The second-order valence-electron chi connectivity index (χ2n) is 3.62. The third kappa shape index (κ3) is 1.56. The van der Waals surface area contributed by atoms with Gasteiger partial charge < -0.3 is 10.8 Å². The van der Waals surface area contributed by atoms with Crippen LogP contribution in [0.1, 0.15) is 24.5 Å². The van der Waals surface area contributed by atoms with E-state index < -0.39 is 6.10 Å². The number of nitrogens with two attached hydrogens (primary N) is 1. The fourth-order valence-corrected chi connectivity index (χ4v) is 2.90. The van der Waals surface area contributed by atoms with Gasteiger partial charge in [0.25, 0.3) is 0 Å². The van der Waals surface area contributed by atoms with Crippen molar-refractivity contribution in [2.45, 2.75) is 18.9 Å². The number of halogens is 1. The van der Waals surface area contributed by atoms with Crippen LogP contribution in [0.5, 0.6) is 0 Å². The van der Waals surface area contributed by atoms with E-state index in [1.165, 1.54) is 0 Å². The lowest BCUT2D eigenvalue weighted by Crippen LogP contribution is -2.23. The number of thiophene rings is 1. The summed E-state index contributed by atoms with van der Waals surface area (Å²) in [5.74, 6) is 0. The Labute approximate surface area is 89.9 Å². The zero-order chi connectivity index (χ0) is 9.47. The Morgan fingerprint density at radius 1 is 1.69 bits per heavy atom. The highest BCUT2D eigenvalue weighted by Gasteiger charge is 2.48. The molecule has 2 nitrogen and oxygen atoms in total. The summed E-state index contributed by atoms with van der Waals surface area (Å²) in [5, 5.41) is 12.1. The Morgan fingerprint density at radius 2 is 2.38 bits per heavy atom. The molecule has 0 radical (unpaired) electrons. The molecule has 1 fully saturated rings. The average molecular weight is 262 g/mol. The van der Waals surface area contributed by atoms with E-state index in [0.717, 1.165) is 22.2 Å². The molecule has 1 unspecified atom stereocenters.